The quantitative estimate of drug-likeness (QED) is 0.840. The molecule has 1 aliphatic heterocycles. The third-order valence-corrected chi connectivity index (χ3v) is 3.34. The second-order valence-corrected chi connectivity index (χ2v) is 4.43. The number of amides is 2. The van der Waals surface area contributed by atoms with E-state index in [0.717, 1.165) is 36.6 Å². The molecule has 100 valence electrons. The highest BCUT2D eigenvalue weighted by Crippen LogP contribution is 2.22. The summed E-state index contributed by atoms with van der Waals surface area (Å²) in [6.07, 6.45) is 0.921. The van der Waals surface area contributed by atoms with E-state index in [1.807, 2.05) is 20.9 Å². The van der Waals surface area contributed by atoms with Crippen molar-refractivity contribution < 1.29 is 4.79 Å². The smallest absolute Gasteiger partial charge is 0.322 e. The normalized spacial score (nSPS) is 14.2. The van der Waals surface area contributed by atoms with Gasteiger partial charge in [-0.1, -0.05) is 0 Å². The molecule has 0 atom stereocenters. The van der Waals surface area contributed by atoms with E-state index >= 15 is 0 Å². The lowest BCUT2D eigenvalue weighted by molar-refractivity contribution is 0.217. The van der Waals surface area contributed by atoms with Crippen LogP contribution in [0.3, 0.4) is 0 Å². The number of urea groups is 1. The molecular formula is C12H21N5O. The van der Waals surface area contributed by atoms with Crippen molar-refractivity contribution in [3.05, 3.63) is 11.3 Å². The summed E-state index contributed by atoms with van der Waals surface area (Å²) in [5.74, 6) is 0.814. The predicted octanol–water partition coefficient (Wildman–Crippen LogP) is 0.939. The molecule has 0 saturated carbocycles. The van der Waals surface area contributed by atoms with Gasteiger partial charge in [0.2, 0.25) is 0 Å². The van der Waals surface area contributed by atoms with Gasteiger partial charge in [0.15, 0.2) is 0 Å². The minimum absolute atomic E-state index is 0.0589. The standard InChI is InChI=1S/C12H21N5O/c1-4-17(5-2)12(18)14-11-9-8-13-7-6-10(9)15-16(11)3/h13H,4-8H2,1-3H3,(H,14,18). The Labute approximate surface area is 107 Å². The van der Waals surface area contributed by atoms with E-state index in [9.17, 15) is 4.79 Å². The molecule has 1 aromatic heterocycles. The largest absolute Gasteiger partial charge is 0.325 e. The van der Waals surface area contributed by atoms with Gasteiger partial charge in [0.1, 0.15) is 5.82 Å². The first-order chi connectivity index (χ1) is 8.67. The number of carbonyl (C=O) groups is 1. The van der Waals surface area contributed by atoms with Crippen molar-refractivity contribution in [1.29, 1.82) is 0 Å². The Balaban J connectivity index is 2.18. The second kappa shape index (κ2) is 5.39. The van der Waals surface area contributed by atoms with E-state index in [1.165, 1.54) is 0 Å². The lowest BCUT2D eigenvalue weighted by Gasteiger charge is -2.20. The van der Waals surface area contributed by atoms with Crippen LogP contribution in [0, 0.1) is 0 Å². The van der Waals surface area contributed by atoms with Crippen molar-refractivity contribution in [2.45, 2.75) is 26.8 Å². The molecule has 18 heavy (non-hydrogen) atoms. The van der Waals surface area contributed by atoms with Crippen molar-refractivity contribution in [2.75, 3.05) is 25.0 Å². The topological polar surface area (TPSA) is 62.2 Å². The van der Waals surface area contributed by atoms with Gasteiger partial charge in [-0.15, -0.1) is 0 Å². The number of rotatable bonds is 3. The van der Waals surface area contributed by atoms with E-state index in [1.54, 1.807) is 9.58 Å². The van der Waals surface area contributed by atoms with Crippen molar-refractivity contribution in [1.82, 2.24) is 20.0 Å². The molecule has 6 nitrogen and oxygen atoms in total. The maximum atomic E-state index is 12.1. The lowest BCUT2D eigenvalue weighted by Crippen LogP contribution is -2.35. The molecule has 1 aromatic rings. The Hall–Kier alpha value is -1.56. The number of nitrogens with one attached hydrogen (secondary N) is 2. The zero-order valence-electron chi connectivity index (χ0n) is 11.3. The van der Waals surface area contributed by atoms with Gasteiger partial charge in [-0.25, -0.2) is 4.79 Å². The summed E-state index contributed by atoms with van der Waals surface area (Å²) in [5.41, 5.74) is 2.20. The summed E-state index contributed by atoms with van der Waals surface area (Å²) in [6.45, 7) is 7.10. The van der Waals surface area contributed by atoms with Gasteiger partial charge >= 0.3 is 6.03 Å². The molecule has 6 heteroatoms. The Morgan fingerprint density at radius 1 is 1.50 bits per heavy atom. The monoisotopic (exact) mass is 251 g/mol. The Morgan fingerprint density at radius 2 is 2.22 bits per heavy atom. The van der Waals surface area contributed by atoms with E-state index < -0.39 is 0 Å². The number of hydrogen-bond acceptors (Lipinski definition) is 3. The van der Waals surface area contributed by atoms with E-state index in [4.69, 9.17) is 0 Å². The molecule has 0 aliphatic carbocycles. The molecule has 0 spiro atoms. The van der Waals surface area contributed by atoms with Crippen LogP contribution in [-0.4, -0.2) is 40.3 Å². The maximum absolute atomic E-state index is 12.1. The van der Waals surface area contributed by atoms with Gasteiger partial charge in [0.05, 0.1) is 5.69 Å². The zero-order chi connectivity index (χ0) is 13.1. The van der Waals surface area contributed by atoms with Crippen LogP contribution in [0.2, 0.25) is 0 Å². The fourth-order valence-electron chi connectivity index (χ4n) is 2.28. The minimum atomic E-state index is -0.0589. The second-order valence-electron chi connectivity index (χ2n) is 4.43. The average Bonchev–Trinajstić information content (AvgIpc) is 2.68. The summed E-state index contributed by atoms with van der Waals surface area (Å²) in [5, 5.41) is 10.7. The fraction of sp³-hybridized carbons (Fsp3) is 0.667. The van der Waals surface area contributed by atoms with Crippen LogP contribution in [0.1, 0.15) is 25.1 Å². The fourth-order valence-corrected chi connectivity index (χ4v) is 2.28. The SMILES string of the molecule is CCN(CC)C(=O)Nc1c2c(nn1C)CCNC2. The molecule has 0 unspecified atom stereocenters. The number of aromatic nitrogens is 2. The van der Waals surface area contributed by atoms with Crippen LogP contribution in [0.25, 0.3) is 0 Å². The average molecular weight is 251 g/mol. The highest BCUT2D eigenvalue weighted by Gasteiger charge is 2.21. The number of hydrogen-bond donors (Lipinski definition) is 2. The first-order valence-corrected chi connectivity index (χ1v) is 6.48. The molecule has 2 amide bonds. The molecule has 1 aliphatic rings. The summed E-state index contributed by atoms with van der Waals surface area (Å²) >= 11 is 0. The van der Waals surface area contributed by atoms with Crippen LogP contribution in [0.4, 0.5) is 10.6 Å². The van der Waals surface area contributed by atoms with Gasteiger partial charge in [0.25, 0.3) is 0 Å². The minimum Gasteiger partial charge on any atom is -0.325 e. The molecule has 2 rings (SSSR count). The van der Waals surface area contributed by atoms with Gasteiger partial charge < -0.3 is 10.2 Å². The molecule has 0 bridgehead atoms. The molecule has 2 N–H and O–H groups in total. The van der Waals surface area contributed by atoms with Gasteiger partial charge in [-0.05, 0) is 13.8 Å². The summed E-state index contributed by atoms with van der Waals surface area (Å²) in [4.78, 5) is 13.8. The highest BCUT2D eigenvalue weighted by molar-refractivity contribution is 5.89. The number of anilines is 1. The maximum Gasteiger partial charge on any atom is 0.322 e. The van der Waals surface area contributed by atoms with Gasteiger partial charge in [0, 0.05) is 45.2 Å². The Kier molecular flexibility index (Phi) is 3.86. The summed E-state index contributed by atoms with van der Waals surface area (Å²) in [7, 11) is 1.87. The molecule has 0 radical (unpaired) electrons. The van der Waals surface area contributed by atoms with Crippen LogP contribution in [-0.2, 0) is 20.0 Å². The van der Waals surface area contributed by atoms with Gasteiger partial charge in [-0.2, -0.15) is 5.10 Å². The molecule has 0 fully saturated rings. The number of nitrogens with zero attached hydrogens (tertiary/aromatic N) is 3. The Morgan fingerprint density at radius 3 is 2.89 bits per heavy atom. The molecule has 2 heterocycles. The van der Waals surface area contributed by atoms with Crippen LogP contribution >= 0.6 is 0 Å². The lowest BCUT2D eigenvalue weighted by atomic mass is 10.1. The first kappa shape index (κ1) is 12.9. The Bertz CT molecular complexity index is 436. The highest BCUT2D eigenvalue weighted by atomic mass is 16.2. The van der Waals surface area contributed by atoms with Crippen LogP contribution < -0.4 is 10.6 Å². The van der Waals surface area contributed by atoms with E-state index in [2.05, 4.69) is 15.7 Å². The van der Waals surface area contributed by atoms with Gasteiger partial charge in [-0.3, -0.25) is 10.00 Å². The van der Waals surface area contributed by atoms with Crippen molar-refractivity contribution in [2.24, 2.45) is 7.05 Å². The summed E-state index contributed by atoms with van der Waals surface area (Å²) in [6, 6.07) is -0.0589. The third kappa shape index (κ3) is 2.33. The first-order valence-electron chi connectivity index (χ1n) is 6.48. The number of aryl methyl sites for hydroxylation is 1. The summed E-state index contributed by atoms with van der Waals surface area (Å²) < 4.78 is 1.76. The predicted molar refractivity (Wildman–Crippen MR) is 70.6 cm³/mol. The number of fused-ring (bicyclic) bond motifs is 1. The molecular weight excluding hydrogens is 230 g/mol. The van der Waals surface area contributed by atoms with Crippen molar-refractivity contribution in [3.8, 4) is 0 Å². The molecule has 0 aromatic carbocycles. The van der Waals surface area contributed by atoms with Crippen molar-refractivity contribution >= 4 is 11.8 Å². The third-order valence-electron chi connectivity index (χ3n) is 3.34. The van der Waals surface area contributed by atoms with E-state index in [-0.39, 0.29) is 6.03 Å². The van der Waals surface area contributed by atoms with E-state index in [0.29, 0.717) is 13.1 Å². The number of carbonyl (C=O) groups excluding carboxylic acids is 1. The van der Waals surface area contributed by atoms with Crippen LogP contribution in [0.15, 0.2) is 0 Å². The zero-order valence-corrected chi connectivity index (χ0v) is 11.3. The van der Waals surface area contributed by atoms with Crippen molar-refractivity contribution in [3.63, 3.8) is 0 Å². The van der Waals surface area contributed by atoms with Crippen LogP contribution in [0.5, 0.6) is 0 Å². The molecule has 0 saturated heterocycles.